The van der Waals surface area contributed by atoms with Gasteiger partial charge in [-0.25, -0.2) is 9.59 Å². The second kappa shape index (κ2) is 9.08. The summed E-state index contributed by atoms with van der Waals surface area (Å²) in [6.07, 6.45) is 0. The minimum Gasteiger partial charge on any atom is -0.480 e. The number of ether oxygens (including phenoxy) is 3. The molecule has 0 amide bonds. The van der Waals surface area contributed by atoms with Crippen molar-refractivity contribution in [2.45, 2.75) is 13.8 Å². The van der Waals surface area contributed by atoms with Gasteiger partial charge < -0.3 is 14.2 Å². The zero-order chi connectivity index (χ0) is 18.2. The smallest absolute Gasteiger partial charge is 0.349 e. The summed E-state index contributed by atoms with van der Waals surface area (Å²) in [6, 6.07) is 13.1. The molecule has 0 spiro atoms. The van der Waals surface area contributed by atoms with Crippen LogP contribution in [0.1, 0.15) is 24.2 Å². The first kappa shape index (κ1) is 18.8. The maximum Gasteiger partial charge on any atom is 0.349 e. The van der Waals surface area contributed by atoms with Crippen molar-refractivity contribution in [1.29, 1.82) is 0 Å². The standard InChI is InChI=1S/C19H19ClO5/c1-13(2)11-24-19(22)14-6-5-7-15(10-14)25-18(21)12-23-17-9-4-3-8-16(17)20/h3-10,13H,11-12H2,1-2H3. The normalized spacial score (nSPS) is 10.4. The van der Waals surface area contributed by atoms with Crippen LogP contribution in [0.4, 0.5) is 0 Å². The number of esters is 2. The molecule has 0 N–H and O–H groups in total. The summed E-state index contributed by atoms with van der Waals surface area (Å²) in [4.78, 5) is 23.8. The Morgan fingerprint density at radius 2 is 1.84 bits per heavy atom. The third kappa shape index (κ3) is 6.12. The maximum atomic E-state index is 11.9. The van der Waals surface area contributed by atoms with E-state index in [0.29, 0.717) is 22.9 Å². The Kier molecular flexibility index (Phi) is 6.83. The van der Waals surface area contributed by atoms with Gasteiger partial charge in [-0.05, 0) is 36.2 Å². The van der Waals surface area contributed by atoms with Crippen LogP contribution in [-0.2, 0) is 9.53 Å². The fourth-order valence-electron chi connectivity index (χ4n) is 1.87. The Balaban J connectivity index is 1.91. The molecule has 0 saturated heterocycles. The summed E-state index contributed by atoms with van der Waals surface area (Å²) in [7, 11) is 0. The van der Waals surface area contributed by atoms with Gasteiger partial charge in [0.15, 0.2) is 6.61 Å². The Hall–Kier alpha value is -2.53. The van der Waals surface area contributed by atoms with Gasteiger partial charge in [-0.3, -0.25) is 0 Å². The zero-order valence-electron chi connectivity index (χ0n) is 14.0. The summed E-state index contributed by atoms with van der Waals surface area (Å²) in [5, 5.41) is 0.408. The molecule has 0 aliphatic heterocycles. The number of halogens is 1. The molecule has 132 valence electrons. The van der Waals surface area contributed by atoms with Crippen LogP contribution in [0.5, 0.6) is 11.5 Å². The first-order chi connectivity index (χ1) is 12.0. The SMILES string of the molecule is CC(C)COC(=O)c1cccc(OC(=O)COc2ccccc2Cl)c1. The maximum absolute atomic E-state index is 11.9. The monoisotopic (exact) mass is 362 g/mol. The zero-order valence-corrected chi connectivity index (χ0v) is 14.8. The lowest BCUT2D eigenvalue weighted by molar-refractivity contribution is -0.136. The van der Waals surface area contributed by atoms with Crippen molar-refractivity contribution < 1.29 is 23.8 Å². The minimum absolute atomic E-state index is 0.242. The molecule has 0 saturated carbocycles. The van der Waals surface area contributed by atoms with Crippen LogP contribution in [0.3, 0.4) is 0 Å². The van der Waals surface area contributed by atoms with E-state index in [0.717, 1.165) is 0 Å². The third-order valence-corrected chi connectivity index (χ3v) is 3.34. The first-order valence-corrected chi connectivity index (χ1v) is 8.18. The highest BCUT2D eigenvalue weighted by molar-refractivity contribution is 6.32. The highest BCUT2D eigenvalue weighted by Gasteiger charge is 2.12. The average molecular weight is 363 g/mol. The molecule has 0 radical (unpaired) electrons. The molecule has 0 heterocycles. The molecule has 5 nitrogen and oxygen atoms in total. The molecular weight excluding hydrogens is 344 g/mol. The Morgan fingerprint density at radius 3 is 2.56 bits per heavy atom. The van der Waals surface area contributed by atoms with E-state index in [-0.39, 0.29) is 18.3 Å². The quantitative estimate of drug-likeness (QED) is 0.547. The number of hydrogen-bond acceptors (Lipinski definition) is 5. The van der Waals surface area contributed by atoms with Crippen molar-refractivity contribution in [1.82, 2.24) is 0 Å². The summed E-state index contributed by atoms with van der Waals surface area (Å²) in [5.74, 6) is -0.183. The van der Waals surface area contributed by atoms with Gasteiger partial charge in [-0.2, -0.15) is 0 Å². The predicted molar refractivity (Wildman–Crippen MR) is 94.1 cm³/mol. The number of carbonyl (C=O) groups is 2. The van der Waals surface area contributed by atoms with Gasteiger partial charge in [-0.15, -0.1) is 0 Å². The second-order valence-electron chi connectivity index (χ2n) is 5.71. The van der Waals surface area contributed by atoms with Crippen molar-refractivity contribution in [3.05, 3.63) is 59.1 Å². The number of hydrogen-bond donors (Lipinski definition) is 0. The van der Waals surface area contributed by atoms with E-state index in [2.05, 4.69) is 0 Å². The Labute approximate surface area is 151 Å². The lowest BCUT2D eigenvalue weighted by Crippen LogP contribution is -2.18. The van der Waals surface area contributed by atoms with Crippen LogP contribution in [0, 0.1) is 5.92 Å². The molecule has 2 aromatic carbocycles. The van der Waals surface area contributed by atoms with E-state index < -0.39 is 11.9 Å². The van der Waals surface area contributed by atoms with Gasteiger partial charge >= 0.3 is 11.9 Å². The fraction of sp³-hybridized carbons (Fsp3) is 0.263. The summed E-state index contributed by atoms with van der Waals surface area (Å²) in [6.45, 7) is 3.93. The van der Waals surface area contributed by atoms with Crippen molar-refractivity contribution in [2.24, 2.45) is 5.92 Å². The molecule has 0 atom stereocenters. The highest BCUT2D eigenvalue weighted by Crippen LogP contribution is 2.23. The van der Waals surface area contributed by atoms with Crippen molar-refractivity contribution in [3.63, 3.8) is 0 Å². The molecule has 2 aromatic rings. The minimum atomic E-state index is -0.604. The van der Waals surface area contributed by atoms with Crippen LogP contribution < -0.4 is 9.47 Å². The third-order valence-electron chi connectivity index (χ3n) is 3.03. The predicted octanol–water partition coefficient (Wildman–Crippen LogP) is 4.14. The van der Waals surface area contributed by atoms with Crippen molar-refractivity contribution in [3.8, 4) is 11.5 Å². The van der Waals surface area contributed by atoms with Gasteiger partial charge in [0.2, 0.25) is 0 Å². The number of rotatable bonds is 7. The summed E-state index contributed by atoms with van der Waals surface area (Å²) in [5.41, 5.74) is 0.318. The van der Waals surface area contributed by atoms with Gasteiger partial charge in [0.05, 0.1) is 17.2 Å². The Morgan fingerprint density at radius 1 is 1.08 bits per heavy atom. The second-order valence-corrected chi connectivity index (χ2v) is 6.12. The first-order valence-electron chi connectivity index (χ1n) is 7.81. The number of benzene rings is 2. The van der Waals surface area contributed by atoms with E-state index >= 15 is 0 Å². The lowest BCUT2D eigenvalue weighted by atomic mass is 10.2. The van der Waals surface area contributed by atoms with E-state index in [4.69, 9.17) is 25.8 Å². The summed E-state index contributed by atoms with van der Waals surface area (Å²) < 4.78 is 15.6. The van der Waals surface area contributed by atoms with Crippen LogP contribution >= 0.6 is 11.6 Å². The molecule has 0 unspecified atom stereocenters. The van der Waals surface area contributed by atoms with E-state index in [9.17, 15) is 9.59 Å². The lowest BCUT2D eigenvalue weighted by Gasteiger charge is -2.09. The molecule has 0 bridgehead atoms. The van der Waals surface area contributed by atoms with E-state index in [1.165, 1.54) is 6.07 Å². The van der Waals surface area contributed by atoms with Crippen LogP contribution in [-0.4, -0.2) is 25.2 Å². The fourth-order valence-corrected chi connectivity index (χ4v) is 2.06. The molecule has 6 heteroatoms. The van der Waals surface area contributed by atoms with Gasteiger partial charge in [0.25, 0.3) is 0 Å². The molecule has 25 heavy (non-hydrogen) atoms. The Bertz CT molecular complexity index is 742. The summed E-state index contributed by atoms with van der Waals surface area (Å²) >= 11 is 5.95. The molecule has 0 fully saturated rings. The highest BCUT2D eigenvalue weighted by atomic mass is 35.5. The van der Waals surface area contributed by atoms with Crippen LogP contribution in [0.2, 0.25) is 5.02 Å². The number of para-hydroxylation sites is 1. The molecule has 0 aliphatic carbocycles. The van der Waals surface area contributed by atoms with Crippen molar-refractivity contribution >= 4 is 23.5 Å². The molecule has 2 rings (SSSR count). The topological polar surface area (TPSA) is 61.8 Å². The van der Waals surface area contributed by atoms with Crippen molar-refractivity contribution in [2.75, 3.05) is 13.2 Å². The van der Waals surface area contributed by atoms with Crippen LogP contribution in [0.25, 0.3) is 0 Å². The molecule has 0 aromatic heterocycles. The van der Waals surface area contributed by atoms with Crippen LogP contribution in [0.15, 0.2) is 48.5 Å². The molecule has 0 aliphatic rings. The number of carbonyl (C=O) groups excluding carboxylic acids is 2. The largest absolute Gasteiger partial charge is 0.480 e. The van der Waals surface area contributed by atoms with Gasteiger partial charge in [-0.1, -0.05) is 43.6 Å². The molecular formula is C19H19ClO5. The van der Waals surface area contributed by atoms with Gasteiger partial charge in [0.1, 0.15) is 11.5 Å². The van der Waals surface area contributed by atoms with E-state index in [1.54, 1.807) is 42.5 Å². The van der Waals surface area contributed by atoms with Gasteiger partial charge in [0, 0.05) is 0 Å². The average Bonchev–Trinajstić information content (AvgIpc) is 2.59. The van der Waals surface area contributed by atoms with E-state index in [1.807, 2.05) is 13.8 Å².